The van der Waals surface area contributed by atoms with E-state index in [9.17, 15) is 14.4 Å². The minimum atomic E-state index is -0.928. The van der Waals surface area contributed by atoms with Crippen LogP contribution in [-0.4, -0.2) is 30.1 Å². The highest BCUT2D eigenvalue weighted by molar-refractivity contribution is 7.17. The fraction of sp³-hybridized carbons (Fsp3) is 0.273. The minimum absolute atomic E-state index is 0.225. The van der Waals surface area contributed by atoms with Crippen molar-refractivity contribution in [2.75, 3.05) is 11.9 Å². The number of fused-ring (bicyclic) bond motifs is 2. The Morgan fingerprint density at radius 2 is 1.67 bits per heavy atom. The fourth-order valence-corrected chi connectivity index (χ4v) is 6.30. The molecule has 1 aromatic heterocycles. The van der Waals surface area contributed by atoms with Crippen molar-refractivity contribution in [3.05, 3.63) is 93.9 Å². The van der Waals surface area contributed by atoms with E-state index in [1.807, 2.05) is 42.5 Å². The molecule has 0 saturated heterocycles. The van der Waals surface area contributed by atoms with Crippen LogP contribution in [0.1, 0.15) is 65.0 Å². The van der Waals surface area contributed by atoms with Gasteiger partial charge in [-0.05, 0) is 91.3 Å². The van der Waals surface area contributed by atoms with Gasteiger partial charge in [0, 0.05) is 4.88 Å². The van der Waals surface area contributed by atoms with E-state index in [1.54, 1.807) is 13.8 Å². The van der Waals surface area contributed by atoms with Crippen molar-refractivity contribution < 1.29 is 23.9 Å². The number of hydrogen-bond acceptors (Lipinski definition) is 7. The van der Waals surface area contributed by atoms with Gasteiger partial charge in [-0.2, -0.15) is 5.10 Å². The van der Waals surface area contributed by atoms with Gasteiger partial charge in [-0.1, -0.05) is 48.9 Å². The summed E-state index contributed by atoms with van der Waals surface area (Å²) in [6.07, 6.45) is 4.67. The number of carbonyl (C=O) groups is 3. The van der Waals surface area contributed by atoms with Crippen LogP contribution in [0.4, 0.5) is 5.00 Å². The molecule has 0 bridgehead atoms. The lowest BCUT2D eigenvalue weighted by Gasteiger charge is -2.10. The highest BCUT2D eigenvalue weighted by Gasteiger charge is 2.28. The number of esters is 1. The molecule has 0 aliphatic heterocycles. The van der Waals surface area contributed by atoms with Crippen LogP contribution < -0.4 is 15.5 Å². The predicted molar refractivity (Wildman–Crippen MR) is 165 cm³/mol. The number of thiophene rings is 1. The van der Waals surface area contributed by atoms with Gasteiger partial charge in [0.2, 0.25) is 0 Å². The van der Waals surface area contributed by atoms with E-state index >= 15 is 0 Å². The lowest BCUT2D eigenvalue weighted by molar-refractivity contribution is -0.136. The zero-order valence-corrected chi connectivity index (χ0v) is 24.5. The van der Waals surface area contributed by atoms with Crippen LogP contribution in [0.5, 0.6) is 5.75 Å². The number of amides is 2. The molecule has 0 radical (unpaired) electrons. The van der Waals surface area contributed by atoms with Gasteiger partial charge in [0.05, 0.1) is 17.9 Å². The van der Waals surface area contributed by atoms with E-state index < -0.39 is 17.8 Å². The summed E-state index contributed by atoms with van der Waals surface area (Å²) in [6.45, 7) is 4.13. The molecular weight excluding hydrogens is 550 g/mol. The molecule has 0 spiro atoms. The smallest absolute Gasteiger partial charge is 0.341 e. The quantitative estimate of drug-likeness (QED) is 0.0820. The maximum absolute atomic E-state index is 12.7. The number of nitrogens with one attached hydrogen (secondary N) is 2. The molecule has 8 nitrogen and oxygen atoms in total. The zero-order chi connectivity index (χ0) is 29.5. The van der Waals surface area contributed by atoms with E-state index in [1.165, 1.54) is 16.7 Å². The van der Waals surface area contributed by atoms with Gasteiger partial charge >= 0.3 is 17.8 Å². The molecule has 4 aromatic rings. The first-order chi connectivity index (χ1) is 20.4. The van der Waals surface area contributed by atoms with Gasteiger partial charge < -0.3 is 14.8 Å². The standard InChI is InChI=1S/C33H33N3O5S/c1-3-40-33(39)29-27-14-5-4-6-15-28(27)42-32(29)34-30(37)31(38)36-35-21(2)22-16-18-25(19-17-22)41-20-24-12-9-11-23-10-7-8-13-26(23)24/h7-13,16-19H,3-6,14-15,20H2,1-2H3,(H,34,37)(H,36,38). The summed E-state index contributed by atoms with van der Waals surface area (Å²) in [5.74, 6) is -1.60. The van der Waals surface area contributed by atoms with Gasteiger partial charge in [-0.25, -0.2) is 10.2 Å². The third-order valence-corrected chi connectivity index (χ3v) is 8.41. The molecule has 1 heterocycles. The molecule has 0 unspecified atom stereocenters. The van der Waals surface area contributed by atoms with E-state index in [0.29, 0.717) is 28.6 Å². The number of hydrogen-bond donors (Lipinski definition) is 2. The first-order valence-electron chi connectivity index (χ1n) is 14.1. The number of nitrogens with zero attached hydrogens (tertiary/aromatic N) is 1. The van der Waals surface area contributed by atoms with Gasteiger partial charge in [0.15, 0.2) is 0 Å². The SMILES string of the molecule is CCOC(=O)c1c(NC(=O)C(=O)NN=C(C)c2ccc(OCc3cccc4ccccc34)cc2)sc2c1CCCCC2. The van der Waals surface area contributed by atoms with Crippen molar-refractivity contribution >= 4 is 50.6 Å². The van der Waals surface area contributed by atoms with Crippen LogP contribution in [0.25, 0.3) is 10.8 Å². The van der Waals surface area contributed by atoms with Crippen LogP contribution in [0.3, 0.4) is 0 Å². The lowest BCUT2D eigenvalue weighted by atomic mass is 10.1. The van der Waals surface area contributed by atoms with E-state index in [4.69, 9.17) is 9.47 Å². The topological polar surface area (TPSA) is 106 Å². The number of ether oxygens (including phenoxy) is 2. The van der Waals surface area contributed by atoms with Crippen molar-refractivity contribution in [2.45, 2.75) is 52.6 Å². The van der Waals surface area contributed by atoms with Crippen molar-refractivity contribution in [1.82, 2.24) is 5.43 Å². The Hall–Kier alpha value is -4.50. The number of hydrazone groups is 1. The van der Waals surface area contributed by atoms with Gasteiger partial charge in [0.1, 0.15) is 17.4 Å². The molecular formula is C33H33N3O5S. The molecule has 0 saturated carbocycles. The van der Waals surface area contributed by atoms with E-state index in [0.717, 1.165) is 59.1 Å². The molecule has 2 N–H and O–H groups in total. The van der Waals surface area contributed by atoms with Gasteiger partial charge in [-0.15, -0.1) is 11.3 Å². The van der Waals surface area contributed by atoms with E-state index in [2.05, 4.69) is 40.1 Å². The number of aryl methyl sites for hydroxylation is 1. The zero-order valence-electron chi connectivity index (χ0n) is 23.7. The normalized spacial score (nSPS) is 13.1. The highest BCUT2D eigenvalue weighted by Crippen LogP contribution is 2.38. The Kier molecular flexibility index (Phi) is 9.28. The second-order valence-corrected chi connectivity index (χ2v) is 11.1. The lowest BCUT2D eigenvalue weighted by Crippen LogP contribution is -2.33. The van der Waals surface area contributed by atoms with Crippen molar-refractivity contribution in [3.8, 4) is 5.75 Å². The minimum Gasteiger partial charge on any atom is -0.489 e. The fourth-order valence-electron chi connectivity index (χ4n) is 5.03. The molecule has 3 aromatic carbocycles. The highest BCUT2D eigenvalue weighted by atomic mass is 32.1. The second kappa shape index (κ2) is 13.4. The monoisotopic (exact) mass is 583 g/mol. The second-order valence-electron chi connectivity index (χ2n) is 10.0. The Balaban J connectivity index is 1.20. The molecule has 2 amide bonds. The molecule has 0 fully saturated rings. The molecule has 0 atom stereocenters. The number of rotatable bonds is 8. The van der Waals surface area contributed by atoms with Crippen LogP contribution in [0.2, 0.25) is 0 Å². The van der Waals surface area contributed by atoms with Crippen LogP contribution in [0, 0.1) is 0 Å². The van der Waals surface area contributed by atoms with Gasteiger partial charge in [-0.3, -0.25) is 9.59 Å². The third kappa shape index (κ3) is 6.69. The first-order valence-corrected chi connectivity index (χ1v) is 14.9. The summed E-state index contributed by atoms with van der Waals surface area (Å²) in [6, 6.07) is 21.7. The Bertz CT molecular complexity index is 1640. The summed E-state index contributed by atoms with van der Waals surface area (Å²) in [4.78, 5) is 39.1. The third-order valence-electron chi connectivity index (χ3n) is 7.21. The van der Waals surface area contributed by atoms with Crippen molar-refractivity contribution in [1.29, 1.82) is 0 Å². The molecule has 9 heteroatoms. The summed E-state index contributed by atoms with van der Waals surface area (Å²) in [7, 11) is 0. The average molecular weight is 584 g/mol. The largest absolute Gasteiger partial charge is 0.489 e. The summed E-state index contributed by atoms with van der Waals surface area (Å²) >= 11 is 1.34. The van der Waals surface area contributed by atoms with Crippen molar-refractivity contribution in [3.63, 3.8) is 0 Å². The van der Waals surface area contributed by atoms with Crippen molar-refractivity contribution in [2.24, 2.45) is 5.10 Å². The number of anilines is 1. The molecule has 42 heavy (non-hydrogen) atoms. The predicted octanol–water partition coefficient (Wildman–Crippen LogP) is 6.40. The number of benzene rings is 3. The van der Waals surface area contributed by atoms with E-state index in [-0.39, 0.29) is 6.61 Å². The number of carbonyl (C=O) groups excluding carboxylic acids is 3. The Labute approximate surface area is 248 Å². The maximum atomic E-state index is 12.7. The summed E-state index contributed by atoms with van der Waals surface area (Å²) < 4.78 is 11.3. The average Bonchev–Trinajstić information content (AvgIpc) is 3.18. The molecule has 5 rings (SSSR count). The molecule has 216 valence electrons. The Morgan fingerprint density at radius 1 is 0.905 bits per heavy atom. The Morgan fingerprint density at radius 3 is 2.48 bits per heavy atom. The summed E-state index contributed by atoms with van der Waals surface area (Å²) in [5, 5.41) is 9.40. The maximum Gasteiger partial charge on any atom is 0.341 e. The van der Waals surface area contributed by atoms with Crippen LogP contribution >= 0.6 is 11.3 Å². The van der Waals surface area contributed by atoms with Crippen LogP contribution in [0.15, 0.2) is 71.8 Å². The molecule has 1 aliphatic rings. The van der Waals surface area contributed by atoms with Gasteiger partial charge in [0.25, 0.3) is 0 Å². The molecule has 1 aliphatic carbocycles. The van der Waals surface area contributed by atoms with Crippen LogP contribution in [-0.2, 0) is 33.8 Å². The summed E-state index contributed by atoms with van der Waals surface area (Å²) in [5.41, 5.74) is 5.99. The first kappa shape index (κ1) is 29.0.